The van der Waals surface area contributed by atoms with Gasteiger partial charge in [-0.05, 0) is 25.8 Å². The number of fused-ring (bicyclic) bond motifs is 1. The second-order valence-electron chi connectivity index (χ2n) is 5.76. The van der Waals surface area contributed by atoms with E-state index in [1.165, 1.54) is 10.6 Å². The zero-order chi connectivity index (χ0) is 16.3. The fourth-order valence-electron chi connectivity index (χ4n) is 2.99. The fourth-order valence-corrected chi connectivity index (χ4v) is 3.92. The zero-order valence-electron chi connectivity index (χ0n) is 13.4. The van der Waals surface area contributed by atoms with Crippen molar-refractivity contribution in [2.75, 3.05) is 25.9 Å². The highest BCUT2D eigenvalue weighted by molar-refractivity contribution is 7.88. The van der Waals surface area contributed by atoms with Crippen molar-refractivity contribution in [1.29, 1.82) is 0 Å². The lowest BCUT2D eigenvalue weighted by Crippen LogP contribution is -2.36. The molecule has 0 aliphatic heterocycles. The van der Waals surface area contributed by atoms with Gasteiger partial charge in [0, 0.05) is 31.4 Å². The number of rotatable bonds is 7. The highest BCUT2D eigenvalue weighted by atomic mass is 32.2. The number of hydrogen-bond donors (Lipinski definition) is 1. The fraction of sp³-hybridized carbons (Fsp3) is 0.786. The van der Waals surface area contributed by atoms with Crippen LogP contribution < -0.4 is 5.32 Å². The zero-order valence-corrected chi connectivity index (χ0v) is 14.2. The number of aryl methyl sites for hydroxylation is 1. The predicted octanol–water partition coefficient (Wildman–Crippen LogP) is 1.01. The summed E-state index contributed by atoms with van der Waals surface area (Å²) in [4.78, 5) is 0. The lowest BCUT2D eigenvalue weighted by atomic mass is 9.91. The average molecular weight is 332 g/mol. The number of nitrogens with one attached hydrogen (secondary N) is 1. The molecule has 1 aromatic rings. The Bertz CT molecular complexity index is 602. The molecule has 0 aromatic carbocycles. The van der Waals surface area contributed by atoms with Gasteiger partial charge in [0.15, 0.2) is 0 Å². The molecule has 6 nitrogen and oxygen atoms in total. The van der Waals surface area contributed by atoms with Crippen molar-refractivity contribution in [2.45, 2.75) is 38.4 Å². The van der Waals surface area contributed by atoms with E-state index in [-0.39, 0.29) is 6.04 Å². The van der Waals surface area contributed by atoms with Crippen molar-refractivity contribution in [3.8, 4) is 0 Å². The smallest absolute Gasteiger partial charge is 0.211 e. The minimum atomic E-state index is -3.16. The molecular formula is C14H25FN4O2S. The van der Waals surface area contributed by atoms with E-state index in [2.05, 4.69) is 10.4 Å². The molecule has 2 atom stereocenters. The summed E-state index contributed by atoms with van der Waals surface area (Å²) in [7, 11) is -1.28. The first-order chi connectivity index (χ1) is 10.3. The number of aromatic nitrogens is 2. The van der Waals surface area contributed by atoms with Crippen LogP contribution in [-0.4, -0.2) is 54.6 Å². The molecule has 8 heteroatoms. The third-order valence-electron chi connectivity index (χ3n) is 4.22. The van der Waals surface area contributed by atoms with Crippen molar-refractivity contribution in [3.05, 3.63) is 17.5 Å². The highest BCUT2D eigenvalue weighted by Crippen LogP contribution is 2.31. The van der Waals surface area contributed by atoms with Crippen molar-refractivity contribution < 1.29 is 12.8 Å². The molecule has 0 radical (unpaired) electrons. The largest absolute Gasteiger partial charge is 0.307 e. The number of sulfonamides is 1. The summed E-state index contributed by atoms with van der Waals surface area (Å²) in [5, 5.41) is 7.43. The topological polar surface area (TPSA) is 67.2 Å². The summed E-state index contributed by atoms with van der Waals surface area (Å²) in [5.41, 5.74) is 2.01. The van der Waals surface area contributed by atoms with E-state index in [0.717, 1.165) is 11.3 Å². The summed E-state index contributed by atoms with van der Waals surface area (Å²) in [6, 6.07) is -0.342. The molecule has 0 bridgehead atoms. The molecule has 1 N–H and O–H groups in total. The van der Waals surface area contributed by atoms with E-state index in [4.69, 9.17) is 0 Å². The number of hydrogen-bond acceptors (Lipinski definition) is 4. The summed E-state index contributed by atoms with van der Waals surface area (Å²) in [6.07, 6.45) is 3.88. The Morgan fingerprint density at radius 2 is 2.27 bits per heavy atom. The van der Waals surface area contributed by atoms with Gasteiger partial charge in [-0.1, -0.05) is 6.92 Å². The van der Waals surface area contributed by atoms with Gasteiger partial charge < -0.3 is 5.32 Å². The molecule has 0 amide bonds. The first-order valence-electron chi connectivity index (χ1n) is 7.68. The molecule has 126 valence electrons. The van der Waals surface area contributed by atoms with E-state index in [9.17, 15) is 12.8 Å². The van der Waals surface area contributed by atoms with Crippen molar-refractivity contribution in [1.82, 2.24) is 19.4 Å². The monoisotopic (exact) mass is 332 g/mol. The SMILES string of the molecule is CCN(CCCNC1c2cnn(C)c2CCC1F)S(C)(=O)=O. The van der Waals surface area contributed by atoms with Crippen LogP contribution in [0.2, 0.25) is 0 Å². The summed E-state index contributed by atoms with van der Waals surface area (Å²) >= 11 is 0. The Morgan fingerprint density at radius 1 is 1.55 bits per heavy atom. The molecule has 22 heavy (non-hydrogen) atoms. The second kappa shape index (κ2) is 7.06. The van der Waals surface area contributed by atoms with Crippen LogP contribution in [0.15, 0.2) is 6.20 Å². The van der Waals surface area contributed by atoms with Crippen molar-refractivity contribution in [2.24, 2.45) is 7.05 Å². The van der Waals surface area contributed by atoms with Gasteiger partial charge in [-0.2, -0.15) is 5.10 Å². The second-order valence-corrected chi connectivity index (χ2v) is 7.75. The first kappa shape index (κ1) is 17.4. The summed E-state index contributed by atoms with van der Waals surface area (Å²) < 4.78 is 40.4. The molecule has 1 aliphatic rings. The quantitative estimate of drug-likeness (QED) is 0.757. The molecule has 0 spiro atoms. The Balaban J connectivity index is 1.89. The van der Waals surface area contributed by atoms with Crippen LogP contribution in [-0.2, 0) is 23.5 Å². The van der Waals surface area contributed by atoms with Gasteiger partial charge in [-0.3, -0.25) is 4.68 Å². The van der Waals surface area contributed by atoms with Crippen LogP contribution in [0.25, 0.3) is 0 Å². The summed E-state index contributed by atoms with van der Waals surface area (Å²) in [6.45, 7) is 3.30. The number of nitrogens with zero attached hydrogens (tertiary/aromatic N) is 3. The van der Waals surface area contributed by atoms with Gasteiger partial charge in [0.25, 0.3) is 0 Å². The average Bonchev–Trinajstić information content (AvgIpc) is 2.81. The molecule has 2 rings (SSSR count). The van der Waals surface area contributed by atoms with Crippen molar-refractivity contribution >= 4 is 10.0 Å². The molecule has 0 saturated carbocycles. The van der Waals surface area contributed by atoms with Crippen LogP contribution in [0, 0.1) is 0 Å². The molecule has 0 fully saturated rings. The molecule has 2 unspecified atom stereocenters. The Kier molecular flexibility index (Phi) is 5.57. The lowest BCUT2D eigenvalue weighted by molar-refractivity contribution is 0.221. The van der Waals surface area contributed by atoms with Crippen molar-refractivity contribution in [3.63, 3.8) is 0 Å². The van der Waals surface area contributed by atoms with E-state index in [1.54, 1.807) is 10.9 Å². The number of halogens is 1. The number of alkyl halides is 1. The van der Waals surface area contributed by atoms with Gasteiger partial charge in [0.1, 0.15) is 6.17 Å². The maximum absolute atomic E-state index is 14.2. The summed E-state index contributed by atoms with van der Waals surface area (Å²) in [5.74, 6) is 0. The van der Waals surface area contributed by atoms with Gasteiger partial charge in [-0.25, -0.2) is 17.1 Å². The van der Waals surface area contributed by atoms with Gasteiger partial charge in [0.2, 0.25) is 10.0 Å². The minimum Gasteiger partial charge on any atom is -0.307 e. The third kappa shape index (κ3) is 3.85. The van der Waals surface area contributed by atoms with Crippen LogP contribution in [0.3, 0.4) is 0 Å². The predicted molar refractivity (Wildman–Crippen MR) is 83.9 cm³/mol. The van der Waals surface area contributed by atoms with Crippen LogP contribution in [0.5, 0.6) is 0 Å². The standard InChI is InChI=1S/C14H25FN4O2S/c1-4-19(22(3,20)21)9-5-8-16-14-11-10-17-18(2)13(11)7-6-12(14)15/h10,12,14,16H,4-9H2,1-3H3. The Hall–Kier alpha value is -0.990. The molecule has 0 saturated heterocycles. The maximum Gasteiger partial charge on any atom is 0.211 e. The van der Waals surface area contributed by atoms with Gasteiger partial charge >= 0.3 is 0 Å². The van der Waals surface area contributed by atoms with E-state index in [0.29, 0.717) is 38.9 Å². The third-order valence-corrected chi connectivity index (χ3v) is 5.60. The molecule has 1 aromatic heterocycles. The normalized spacial score (nSPS) is 22.0. The maximum atomic E-state index is 14.2. The van der Waals surface area contributed by atoms with Crippen LogP contribution in [0.4, 0.5) is 4.39 Å². The van der Waals surface area contributed by atoms with Crippen LogP contribution >= 0.6 is 0 Å². The van der Waals surface area contributed by atoms with Gasteiger partial charge in [-0.15, -0.1) is 0 Å². The van der Waals surface area contributed by atoms with Gasteiger partial charge in [0.05, 0.1) is 18.5 Å². The highest BCUT2D eigenvalue weighted by Gasteiger charge is 2.31. The van der Waals surface area contributed by atoms with E-state index < -0.39 is 16.2 Å². The Labute approximate surface area is 131 Å². The van der Waals surface area contributed by atoms with Crippen LogP contribution in [0.1, 0.15) is 37.1 Å². The molecular weight excluding hydrogens is 307 g/mol. The Morgan fingerprint density at radius 3 is 2.91 bits per heavy atom. The lowest BCUT2D eigenvalue weighted by Gasteiger charge is -2.28. The van der Waals surface area contributed by atoms with E-state index in [1.807, 2.05) is 14.0 Å². The molecule has 1 heterocycles. The minimum absolute atomic E-state index is 0.342. The first-order valence-corrected chi connectivity index (χ1v) is 9.52. The van der Waals surface area contributed by atoms with E-state index >= 15 is 0 Å². The molecule has 1 aliphatic carbocycles.